The van der Waals surface area contributed by atoms with Crippen molar-refractivity contribution in [1.82, 2.24) is 5.32 Å². The van der Waals surface area contributed by atoms with E-state index >= 15 is 0 Å². The first-order valence-corrected chi connectivity index (χ1v) is 11.0. The van der Waals surface area contributed by atoms with Crippen molar-refractivity contribution in [3.05, 3.63) is 89.5 Å². The molecule has 32 heavy (non-hydrogen) atoms. The lowest BCUT2D eigenvalue weighted by Crippen LogP contribution is -2.33. The highest BCUT2D eigenvalue weighted by atomic mass is 16.5. The van der Waals surface area contributed by atoms with Crippen molar-refractivity contribution in [2.45, 2.75) is 39.3 Å². The summed E-state index contributed by atoms with van der Waals surface area (Å²) in [6.45, 7) is 4.76. The van der Waals surface area contributed by atoms with Crippen LogP contribution in [-0.2, 0) is 13.0 Å². The summed E-state index contributed by atoms with van der Waals surface area (Å²) in [5.74, 6) is 1.90. The molecule has 0 bridgehead atoms. The van der Waals surface area contributed by atoms with Crippen LogP contribution in [0.3, 0.4) is 0 Å². The van der Waals surface area contributed by atoms with Crippen molar-refractivity contribution < 1.29 is 19.0 Å². The molecule has 1 N–H and O–H groups in total. The number of nitrogens with one attached hydrogen (secondary N) is 1. The fourth-order valence-electron chi connectivity index (χ4n) is 3.43. The van der Waals surface area contributed by atoms with Gasteiger partial charge in [-0.25, -0.2) is 0 Å². The molecular weight excluding hydrogens is 402 g/mol. The standard InChI is InChI=1S/C27H31NO4/c1-4-31-24-17-16-22(18-23(24)19-32-26-13-9-8-12-25(26)30-3)27(29)28-20(2)14-15-21-10-6-5-7-11-21/h5-13,16-18,20H,4,14-15,19H2,1-3H3,(H,28,29). The van der Waals surface area contributed by atoms with Crippen molar-refractivity contribution >= 4 is 5.91 Å². The number of para-hydroxylation sites is 2. The lowest BCUT2D eigenvalue weighted by Gasteiger charge is -2.16. The lowest BCUT2D eigenvalue weighted by molar-refractivity contribution is 0.0938. The van der Waals surface area contributed by atoms with Gasteiger partial charge in [0.1, 0.15) is 12.4 Å². The molecule has 5 nitrogen and oxygen atoms in total. The van der Waals surface area contributed by atoms with Gasteiger partial charge in [-0.1, -0.05) is 42.5 Å². The predicted octanol–water partition coefficient (Wildman–Crippen LogP) is 5.42. The molecule has 1 amide bonds. The Kier molecular flexibility index (Phi) is 8.55. The van der Waals surface area contributed by atoms with E-state index in [9.17, 15) is 4.79 Å². The quantitative estimate of drug-likeness (QED) is 0.438. The van der Waals surface area contributed by atoms with E-state index in [4.69, 9.17) is 14.2 Å². The van der Waals surface area contributed by atoms with Gasteiger partial charge in [-0.3, -0.25) is 4.79 Å². The number of aryl methyl sites for hydroxylation is 1. The molecular formula is C27H31NO4. The summed E-state index contributed by atoms with van der Waals surface area (Å²) in [6.07, 6.45) is 1.79. The van der Waals surface area contributed by atoms with Gasteiger partial charge in [0.05, 0.1) is 13.7 Å². The summed E-state index contributed by atoms with van der Waals surface area (Å²) in [5, 5.41) is 3.10. The molecule has 0 heterocycles. The molecule has 0 saturated heterocycles. The molecule has 0 radical (unpaired) electrons. The second kappa shape index (κ2) is 11.8. The first-order chi connectivity index (χ1) is 15.6. The second-order valence-electron chi connectivity index (χ2n) is 7.59. The molecule has 0 fully saturated rings. The molecule has 3 aromatic carbocycles. The Hall–Kier alpha value is -3.47. The Bertz CT molecular complexity index is 1000. The van der Waals surface area contributed by atoms with E-state index in [2.05, 4.69) is 17.4 Å². The average Bonchev–Trinajstić information content (AvgIpc) is 2.83. The van der Waals surface area contributed by atoms with Gasteiger partial charge >= 0.3 is 0 Å². The minimum atomic E-state index is -0.104. The van der Waals surface area contributed by atoms with Gasteiger partial charge in [0.15, 0.2) is 11.5 Å². The first kappa shape index (κ1) is 23.2. The maximum atomic E-state index is 12.8. The largest absolute Gasteiger partial charge is 0.493 e. The zero-order valence-electron chi connectivity index (χ0n) is 19.0. The Labute approximate surface area is 190 Å². The summed E-state index contributed by atoms with van der Waals surface area (Å²) >= 11 is 0. The molecule has 1 unspecified atom stereocenters. The molecule has 3 aromatic rings. The molecule has 1 atom stereocenters. The van der Waals surface area contributed by atoms with Crippen molar-refractivity contribution in [1.29, 1.82) is 0 Å². The number of rotatable bonds is 11. The minimum absolute atomic E-state index is 0.0579. The number of carbonyl (C=O) groups excluding carboxylic acids is 1. The maximum Gasteiger partial charge on any atom is 0.251 e. The monoisotopic (exact) mass is 433 g/mol. The third kappa shape index (κ3) is 6.51. The van der Waals surface area contributed by atoms with Crippen molar-refractivity contribution in [2.24, 2.45) is 0 Å². The molecule has 168 valence electrons. The maximum absolute atomic E-state index is 12.8. The molecule has 0 aliphatic carbocycles. The van der Waals surface area contributed by atoms with Crippen LogP contribution in [0, 0.1) is 0 Å². The number of hydrogen-bond acceptors (Lipinski definition) is 4. The van der Waals surface area contributed by atoms with Crippen molar-refractivity contribution in [3.8, 4) is 17.2 Å². The summed E-state index contributed by atoms with van der Waals surface area (Å²) in [6, 6.07) is 23.3. The number of amides is 1. The van der Waals surface area contributed by atoms with E-state index < -0.39 is 0 Å². The summed E-state index contributed by atoms with van der Waals surface area (Å²) in [4.78, 5) is 12.8. The number of ether oxygens (including phenoxy) is 3. The lowest BCUT2D eigenvalue weighted by atomic mass is 10.1. The number of methoxy groups -OCH3 is 1. The van der Waals surface area contributed by atoms with E-state index in [0.29, 0.717) is 29.4 Å². The van der Waals surface area contributed by atoms with Crippen LogP contribution < -0.4 is 19.5 Å². The highest BCUT2D eigenvalue weighted by Crippen LogP contribution is 2.28. The zero-order valence-corrected chi connectivity index (χ0v) is 19.0. The van der Waals surface area contributed by atoms with Gasteiger partial charge in [0, 0.05) is 17.2 Å². The fraction of sp³-hybridized carbons (Fsp3) is 0.296. The summed E-state index contributed by atoms with van der Waals surface area (Å²) < 4.78 is 17.1. The zero-order chi connectivity index (χ0) is 22.8. The summed E-state index contributed by atoms with van der Waals surface area (Å²) in [7, 11) is 1.61. The van der Waals surface area contributed by atoms with E-state index in [0.717, 1.165) is 18.4 Å². The molecule has 5 heteroatoms. The molecule has 0 aromatic heterocycles. The Morgan fingerprint density at radius 3 is 2.34 bits per heavy atom. The minimum Gasteiger partial charge on any atom is -0.493 e. The second-order valence-corrected chi connectivity index (χ2v) is 7.59. The fourth-order valence-corrected chi connectivity index (χ4v) is 3.43. The van der Waals surface area contributed by atoms with Crippen LogP contribution in [0.15, 0.2) is 72.8 Å². The van der Waals surface area contributed by atoms with Crippen LogP contribution >= 0.6 is 0 Å². The van der Waals surface area contributed by atoms with Crippen LogP contribution in [0.5, 0.6) is 17.2 Å². The average molecular weight is 434 g/mol. The Morgan fingerprint density at radius 1 is 0.906 bits per heavy atom. The smallest absolute Gasteiger partial charge is 0.251 e. The highest BCUT2D eigenvalue weighted by Gasteiger charge is 2.14. The van der Waals surface area contributed by atoms with Crippen molar-refractivity contribution in [2.75, 3.05) is 13.7 Å². The van der Waals surface area contributed by atoms with E-state index in [-0.39, 0.29) is 18.6 Å². The molecule has 0 saturated carbocycles. The van der Waals surface area contributed by atoms with Crippen LogP contribution in [0.4, 0.5) is 0 Å². The van der Waals surface area contributed by atoms with Gasteiger partial charge in [0.2, 0.25) is 0 Å². The normalized spacial score (nSPS) is 11.5. The Balaban J connectivity index is 1.66. The SMILES string of the molecule is CCOc1ccc(C(=O)NC(C)CCc2ccccc2)cc1COc1ccccc1OC. The van der Waals surface area contributed by atoms with Gasteiger partial charge in [-0.15, -0.1) is 0 Å². The number of benzene rings is 3. The molecule has 3 rings (SSSR count). The van der Waals surface area contributed by atoms with Crippen LogP contribution in [0.25, 0.3) is 0 Å². The van der Waals surface area contributed by atoms with Gasteiger partial charge in [-0.2, -0.15) is 0 Å². The third-order valence-electron chi connectivity index (χ3n) is 5.16. The Morgan fingerprint density at radius 2 is 1.62 bits per heavy atom. The first-order valence-electron chi connectivity index (χ1n) is 11.0. The third-order valence-corrected chi connectivity index (χ3v) is 5.16. The molecule has 0 spiro atoms. The molecule has 0 aliphatic rings. The van der Waals surface area contributed by atoms with Crippen LogP contribution in [-0.4, -0.2) is 25.7 Å². The number of carbonyl (C=O) groups is 1. The van der Waals surface area contributed by atoms with Crippen LogP contribution in [0.2, 0.25) is 0 Å². The van der Waals surface area contributed by atoms with Crippen molar-refractivity contribution in [3.63, 3.8) is 0 Å². The van der Waals surface area contributed by atoms with Gasteiger partial charge < -0.3 is 19.5 Å². The topological polar surface area (TPSA) is 56.8 Å². The van der Waals surface area contributed by atoms with E-state index in [1.54, 1.807) is 13.2 Å². The van der Waals surface area contributed by atoms with Crippen LogP contribution in [0.1, 0.15) is 41.8 Å². The highest BCUT2D eigenvalue weighted by molar-refractivity contribution is 5.94. The molecule has 0 aliphatic heterocycles. The summed E-state index contributed by atoms with van der Waals surface area (Å²) in [5.41, 5.74) is 2.66. The number of hydrogen-bond donors (Lipinski definition) is 1. The predicted molar refractivity (Wildman–Crippen MR) is 127 cm³/mol. The van der Waals surface area contributed by atoms with Gasteiger partial charge in [-0.05, 0) is 62.6 Å². The van der Waals surface area contributed by atoms with E-state index in [1.807, 2.05) is 68.4 Å². The van der Waals surface area contributed by atoms with Gasteiger partial charge in [0.25, 0.3) is 5.91 Å². The van der Waals surface area contributed by atoms with E-state index in [1.165, 1.54) is 5.56 Å².